The van der Waals surface area contributed by atoms with Gasteiger partial charge in [-0.25, -0.2) is 0 Å². The summed E-state index contributed by atoms with van der Waals surface area (Å²) in [5.41, 5.74) is 10.6. The largest absolute Gasteiger partial charge is 0.402 e. The average molecular weight is 449 g/mol. The van der Waals surface area contributed by atoms with Crippen LogP contribution >= 0.6 is 10.3 Å². The minimum Gasteiger partial charge on any atom is -0.402 e. The number of benzene rings is 3. The Hall–Kier alpha value is -2.52. The van der Waals surface area contributed by atoms with E-state index in [-0.39, 0.29) is 5.97 Å². The molecule has 0 fully saturated rings. The third kappa shape index (κ3) is 4.11. The Kier molecular flexibility index (Phi) is 6.62. The summed E-state index contributed by atoms with van der Waals surface area (Å²) in [6, 6.07) is 13.3. The quantitative estimate of drug-likeness (QED) is 0.402. The molecular weight excluding hydrogens is 412 g/mol. The summed E-state index contributed by atoms with van der Waals surface area (Å²) in [5.74, 6) is -0.252. The van der Waals surface area contributed by atoms with Crippen molar-refractivity contribution in [3.8, 4) is 0 Å². The minimum atomic E-state index is -2.32. The first kappa shape index (κ1) is 24.1. The molecule has 32 heavy (non-hydrogen) atoms. The Labute approximate surface area is 195 Å². The number of hydrogen-bond donors (Lipinski definition) is 0. The van der Waals surface area contributed by atoms with Gasteiger partial charge in [-0.05, 0) is 106 Å². The van der Waals surface area contributed by atoms with Crippen LogP contribution in [0, 0.1) is 62.3 Å². The van der Waals surface area contributed by atoms with E-state index >= 15 is 0 Å². The lowest BCUT2D eigenvalue weighted by Gasteiger charge is -2.45. The van der Waals surface area contributed by atoms with Crippen LogP contribution in [0.25, 0.3) is 0 Å². The molecule has 2 nitrogen and oxygen atoms in total. The molecule has 0 aromatic heterocycles. The molecule has 0 N–H and O–H groups in total. The van der Waals surface area contributed by atoms with Gasteiger partial charge in [-0.15, -0.1) is 0 Å². The van der Waals surface area contributed by atoms with Crippen LogP contribution < -0.4 is 0 Å². The SMILES string of the molecule is CC(=O)OS(c1c(C)cc(C)cc1C)(c1c(C)cc(C)cc1C)c1c(C)cc(C)cc1C. The summed E-state index contributed by atoms with van der Waals surface area (Å²) >= 11 is 0. The Bertz CT molecular complexity index is 1010. The first-order chi connectivity index (χ1) is 14.9. The predicted molar refractivity (Wildman–Crippen MR) is 136 cm³/mol. The molecule has 3 rings (SSSR count). The smallest absolute Gasteiger partial charge is 0.313 e. The number of rotatable bonds is 4. The van der Waals surface area contributed by atoms with Gasteiger partial charge in [0.25, 0.3) is 0 Å². The van der Waals surface area contributed by atoms with Crippen molar-refractivity contribution < 1.29 is 8.98 Å². The van der Waals surface area contributed by atoms with E-state index in [0.29, 0.717) is 0 Å². The second-order valence-electron chi connectivity index (χ2n) is 9.31. The van der Waals surface area contributed by atoms with E-state index in [1.165, 1.54) is 16.7 Å². The Morgan fingerprint density at radius 2 is 0.750 bits per heavy atom. The second-order valence-corrected chi connectivity index (χ2v) is 11.8. The molecule has 0 aliphatic rings. The maximum Gasteiger partial charge on any atom is 0.313 e. The van der Waals surface area contributed by atoms with Gasteiger partial charge in [0.15, 0.2) is 0 Å². The molecular formula is C29H36O2S. The van der Waals surface area contributed by atoms with Crippen LogP contribution in [0.3, 0.4) is 0 Å². The van der Waals surface area contributed by atoms with Crippen molar-refractivity contribution in [3.05, 3.63) is 86.5 Å². The van der Waals surface area contributed by atoms with Crippen molar-refractivity contribution in [2.45, 2.75) is 83.9 Å². The van der Waals surface area contributed by atoms with Crippen molar-refractivity contribution in [2.24, 2.45) is 0 Å². The molecule has 0 bridgehead atoms. The van der Waals surface area contributed by atoms with Crippen LogP contribution in [-0.2, 0) is 8.98 Å². The fourth-order valence-corrected chi connectivity index (χ4v) is 9.76. The monoisotopic (exact) mass is 448 g/mol. The van der Waals surface area contributed by atoms with Gasteiger partial charge in [0.1, 0.15) is 0 Å². The van der Waals surface area contributed by atoms with E-state index in [0.717, 1.165) is 48.1 Å². The highest BCUT2D eigenvalue weighted by molar-refractivity contribution is 8.30. The van der Waals surface area contributed by atoms with E-state index in [1.54, 1.807) is 6.92 Å². The molecule has 0 saturated carbocycles. The lowest BCUT2D eigenvalue weighted by Crippen LogP contribution is -2.18. The molecule has 0 radical (unpaired) electrons. The average Bonchev–Trinajstić information content (AvgIpc) is 2.57. The standard InChI is InChI=1S/C29H36O2S/c1-17-11-20(4)27(21(5)12-17)32(31-26(10)30,28-22(6)13-18(2)14-23(28)7)29-24(8)15-19(3)16-25(29)9/h11-16H,1-10H3. The highest BCUT2D eigenvalue weighted by Crippen LogP contribution is 2.73. The molecule has 170 valence electrons. The minimum absolute atomic E-state index is 0.252. The van der Waals surface area contributed by atoms with E-state index < -0.39 is 10.3 Å². The van der Waals surface area contributed by atoms with Gasteiger partial charge in [0, 0.05) is 21.6 Å². The van der Waals surface area contributed by atoms with E-state index in [2.05, 4.69) is 98.7 Å². The molecule has 0 unspecified atom stereocenters. The normalized spacial score (nSPS) is 12.1. The van der Waals surface area contributed by atoms with Crippen molar-refractivity contribution in [1.82, 2.24) is 0 Å². The van der Waals surface area contributed by atoms with E-state index in [4.69, 9.17) is 4.18 Å². The maximum atomic E-state index is 12.8. The molecule has 3 heteroatoms. The highest BCUT2D eigenvalue weighted by Gasteiger charge is 2.41. The van der Waals surface area contributed by atoms with E-state index in [9.17, 15) is 4.79 Å². The van der Waals surface area contributed by atoms with Gasteiger partial charge >= 0.3 is 5.97 Å². The van der Waals surface area contributed by atoms with Crippen LogP contribution in [0.4, 0.5) is 0 Å². The second kappa shape index (κ2) is 8.78. The zero-order valence-corrected chi connectivity index (χ0v) is 22.0. The fourth-order valence-electron chi connectivity index (χ4n) is 5.47. The maximum absolute atomic E-state index is 12.8. The van der Waals surface area contributed by atoms with Crippen molar-refractivity contribution >= 4 is 16.3 Å². The third-order valence-electron chi connectivity index (χ3n) is 5.92. The first-order valence-corrected chi connectivity index (χ1v) is 12.7. The number of carbonyl (C=O) groups is 1. The summed E-state index contributed by atoms with van der Waals surface area (Å²) in [4.78, 5) is 16.3. The first-order valence-electron chi connectivity index (χ1n) is 11.2. The van der Waals surface area contributed by atoms with Crippen molar-refractivity contribution in [2.75, 3.05) is 0 Å². The fraction of sp³-hybridized carbons (Fsp3) is 0.345. The van der Waals surface area contributed by atoms with Gasteiger partial charge in [-0.2, -0.15) is 0 Å². The molecule has 0 aliphatic heterocycles. The number of aryl methyl sites for hydroxylation is 9. The van der Waals surface area contributed by atoms with Crippen molar-refractivity contribution in [3.63, 3.8) is 0 Å². The summed E-state index contributed by atoms with van der Waals surface area (Å²) in [6.45, 7) is 20.8. The number of hydrogen-bond acceptors (Lipinski definition) is 2. The predicted octanol–water partition coefficient (Wildman–Crippen LogP) is 8.22. The van der Waals surface area contributed by atoms with Crippen molar-refractivity contribution in [1.29, 1.82) is 0 Å². The van der Waals surface area contributed by atoms with Crippen LogP contribution in [0.5, 0.6) is 0 Å². The highest BCUT2D eigenvalue weighted by atomic mass is 32.3. The van der Waals surface area contributed by atoms with Crippen LogP contribution in [-0.4, -0.2) is 5.97 Å². The molecule has 0 heterocycles. The van der Waals surface area contributed by atoms with E-state index in [1.807, 2.05) is 0 Å². The molecule has 0 aliphatic carbocycles. The van der Waals surface area contributed by atoms with Gasteiger partial charge in [0.2, 0.25) is 0 Å². The van der Waals surface area contributed by atoms with Gasteiger partial charge in [-0.3, -0.25) is 4.79 Å². The third-order valence-corrected chi connectivity index (χ3v) is 10.1. The summed E-state index contributed by atoms with van der Waals surface area (Å²) in [7, 11) is -2.32. The Morgan fingerprint density at radius 3 is 0.938 bits per heavy atom. The number of carbonyl (C=O) groups excluding carboxylic acids is 1. The van der Waals surface area contributed by atoms with Crippen LogP contribution in [0.1, 0.15) is 57.0 Å². The summed E-state index contributed by atoms with van der Waals surface area (Å²) < 4.78 is 6.65. The zero-order chi connectivity index (χ0) is 24.0. The lowest BCUT2D eigenvalue weighted by atomic mass is 10.1. The molecule has 0 atom stereocenters. The molecule has 3 aromatic rings. The summed E-state index contributed by atoms with van der Waals surface area (Å²) in [6.07, 6.45) is 0. The summed E-state index contributed by atoms with van der Waals surface area (Å²) in [5, 5.41) is 0. The Balaban J connectivity index is 2.67. The molecule has 0 amide bonds. The van der Waals surface area contributed by atoms with Gasteiger partial charge < -0.3 is 4.18 Å². The zero-order valence-electron chi connectivity index (χ0n) is 21.2. The van der Waals surface area contributed by atoms with Gasteiger partial charge in [-0.1, -0.05) is 53.1 Å². The van der Waals surface area contributed by atoms with Crippen LogP contribution in [0.15, 0.2) is 51.1 Å². The van der Waals surface area contributed by atoms with Crippen LogP contribution in [0.2, 0.25) is 0 Å². The molecule has 0 saturated heterocycles. The molecule has 3 aromatic carbocycles. The van der Waals surface area contributed by atoms with Gasteiger partial charge in [0.05, 0.1) is 0 Å². The molecule has 0 spiro atoms. The topological polar surface area (TPSA) is 26.3 Å². The lowest BCUT2D eigenvalue weighted by molar-refractivity contribution is -0.131. The Morgan fingerprint density at radius 1 is 0.531 bits per heavy atom.